The molecule has 0 saturated heterocycles. The van der Waals surface area contributed by atoms with Crippen LogP contribution in [0, 0.1) is 5.92 Å². The van der Waals surface area contributed by atoms with Crippen LogP contribution in [-0.4, -0.2) is 14.9 Å². The highest BCUT2D eigenvalue weighted by Gasteiger charge is 2.44. The van der Waals surface area contributed by atoms with Crippen molar-refractivity contribution in [2.45, 2.75) is 71.9 Å². The maximum Gasteiger partial charge on any atom is 0.331 e. The second kappa shape index (κ2) is 7.47. The van der Waals surface area contributed by atoms with E-state index in [9.17, 15) is 14.4 Å². The summed E-state index contributed by atoms with van der Waals surface area (Å²) in [6.07, 6.45) is 5.87. The minimum absolute atomic E-state index is 0.341. The molecular weight excluding hydrogens is 247 g/mol. The maximum atomic E-state index is 11.7. The predicted molar refractivity (Wildman–Crippen MR) is 77.8 cm³/mol. The molecule has 2 N–H and O–H groups in total. The fourth-order valence-electron chi connectivity index (χ4n) is 2.48. The average molecular weight is 276 g/mol. The van der Waals surface area contributed by atoms with Gasteiger partial charge in [-0.25, -0.2) is 0 Å². The lowest BCUT2D eigenvalue weighted by Gasteiger charge is -2.34. The van der Waals surface area contributed by atoms with E-state index in [4.69, 9.17) is 0 Å². The van der Waals surface area contributed by atoms with E-state index in [2.05, 4.69) is 26.8 Å². The summed E-state index contributed by atoms with van der Waals surface area (Å²) in [6.45, 7) is 10.00. The highest BCUT2D eigenvalue weighted by atomic mass is 31.2. The molecule has 0 aromatic heterocycles. The molecule has 0 saturated carbocycles. The van der Waals surface area contributed by atoms with Crippen molar-refractivity contribution in [3.63, 3.8) is 0 Å². The monoisotopic (exact) mass is 276 g/mol. The zero-order valence-electron chi connectivity index (χ0n) is 12.4. The van der Waals surface area contributed by atoms with Gasteiger partial charge in [-0.2, -0.15) is 0 Å². The molecule has 0 amide bonds. The molecule has 1 unspecified atom stereocenters. The molecule has 0 bridgehead atoms. The summed E-state index contributed by atoms with van der Waals surface area (Å²) in [5, 5.41) is -0.822. The van der Waals surface area contributed by atoms with Crippen molar-refractivity contribution in [1.29, 1.82) is 0 Å². The minimum Gasteiger partial charge on any atom is -0.324 e. The van der Waals surface area contributed by atoms with Gasteiger partial charge in [0.15, 0.2) is 0 Å². The number of allylic oxidation sites excluding steroid dienone is 2. The zero-order chi connectivity index (χ0) is 14.4. The summed E-state index contributed by atoms with van der Waals surface area (Å²) < 4.78 is 11.7. The quantitative estimate of drug-likeness (QED) is 0.507. The van der Waals surface area contributed by atoms with E-state index in [-0.39, 0.29) is 0 Å². The van der Waals surface area contributed by atoms with Crippen molar-refractivity contribution in [3.8, 4) is 0 Å². The SMILES string of the molecule is CCC(CC)(CC(C)CCC=C(C)C)P(=O)(O)O. The smallest absolute Gasteiger partial charge is 0.324 e. The fraction of sp³-hybridized carbons (Fsp3) is 0.857. The highest BCUT2D eigenvalue weighted by Crippen LogP contribution is 2.57. The van der Waals surface area contributed by atoms with Crippen molar-refractivity contribution in [2.75, 3.05) is 0 Å². The molecule has 4 heteroatoms. The predicted octanol–water partition coefficient (Wildman–Crippen LogP) is 4.50. The standard InChI is InChI=1S/C14H29O3P/c1-6-14(7-2,18(15,16)17)11-13(5)10-8-9-12(3)4/h9,13H,6-8,10-11H2,1-5H3,(H2,15,16,17). The molecule has 1 atom stereocenters. The van der Waals surface area contributed by atoms with Crippen LogP contribution in [0.15, 0.2) is 11.6 Å². The van der Waals surface area contributed by atoms with Crippen molar-refractivity contribution in [1.82, 2.24) is 0 Å². The van der Waals surface area contributed by atoms with Crippen molar-refractivity contribution < 1.29 is 14.4 Å². The van der Waals surface area contributed by atoms with Crippen LogP contribution in [0.2, 0.25) is 0 Å². The Hall–Kier alpha value is -0.110. The lowest BCUT2D eigenvalue weighted by Crippen LogP contribution is -2.29. The molecule has 0 spiro atoms. The van der Waals surface area contributed by atoms with E-state index in [0.717, 1.165) is 12.8 Å². The van der Waals surface area contributed by atoms with Gasteiger partial charge in [0.25, 0.3) is 0 Å². The van der Waals surface area contributed by atoms with Crippen LogP contribution >= 0.6 is 7.60 Å². The summed E-state index contributed by atoms with van der Waals surface area (Å²) in [6, 6.07) is 0. The molecule has 18 heavy (non-hydrogen) atoms. The third-order valence-electron chi connectivity index (χ3n) is 3.87. The number of hydrogen-bond acceptors (Lipinski definition) is 1. The summed E-state index contributed by atoms with van der Waals surface area (Å²) in [7, 11) is -4.03. The Kier molecular flexibility index (Phi) is 7.43. The van der Waals surface area contributed by atoms with Crippen LogP contribution in [0.3, 0.4) is 0 Å². The van der Waals surface area contributed by atoms with Gasteiger partial charge in [-0.1, -0.05) is 32.4 Å². The lowest BCUT2D eigenvalue weighted by atomic mass is 9.88. The highest BCUT2D eigenvalue weighted by molar-refractivity contribution is 7.53. The van der Waals surface area contributed by atoms with Crippen LogP contribution < -0.4 is 0 Å². The van der Waals surface area contributed by atoms with Gasteiger partial charge in [0.1, 0.15) is 0 Å². The number of rotatable bonds is 8. The fourth-order valence-corrected chi connectivity index (χ4v) is 3.85. The summed E-state index contributed by atoms with van der Waals surface area (Å²) in [5.41, 5.74) is 1.30. The lowest BCUT2D eigenvalue weighted by molar-refractivity contribution is 0.280. The van der Waals surface area contributed by atoms with Gasteiger partial charge in [-0.15, -0.1) is 0 Å². The Morgan fingerprint density at radius 3 is 2.11 bits per heavy atom. The van der Waals surface area contributed by atoms with E-state index in [1.54, 1.807) is 0 Å². The van der Waals surface area contributed by atoms with Crippen LogP contribution in [0.1, 0.15) is 66.7 Å². The molecule has 0 heterocycles. The first-order chi connectivity index (χ1) is 8.18. The van der Waals surface area contributed by atoms with Crippen molar-refractivity contribution >= 4 is 7.60 Å². The zero-order valence-corrected chi connectivity index (χ0v) is 13.3. The van der Waals surface area contributed by atoms with Crippen LogP contribution in [-0.2, 0) is 4.57 Å². The van der Waals surface area contributed by atoms with Gasteiger partial charge in [0.05, 0.1) is 5.16 Å². The van der Waals surface area contributed by atoms with Crippen LogP contribution in [0.25, 0.3) is 0 Å². The third-order valence-corrected chi connectivity index (χ3v) is 5.93. The molecule has 0 aromatic rings. The van der Waals surface area contributed by atoms with E-state index < -0.39 is 12.8 Å². The normalized spacial score (nSPS) is 14.4. The first kappa shape index (κ1) is 17.9. The first-order valence-corrected chi connectivity index (χ1v) is 8.48. The van der Waals surface area contributed by atoms with Crippen LogP contribution in [0.4, 0.5) is 0 Å². The van der Waals surface area contributed by atoms with Gasteiger partial charge in [-0.3, -0.25) is 4.57 Å². The molecule has 0 fully saturated rings. The topological polar surface area (TPSA) is 57.5 Å². The summed E-state index contributed by atoms with van der Waals surface area (Å²) in [4.78, 5) is 19.2. The Bertz CT molecular complexity index is 309. The van der Waals surface area contributed by atoms with E-state index >= 15 is 0 Å². The Morgan fingerprint density at radius 1 is 1.28 bits per heavy atom. The molecule has 0 rings (SSSR count). The van der Waals surface area contributed by atoms with E-state index in [0.29, 0.717) is 25.2 Å². The van der Waals surface area contributed by atoms with Crippen molar-refractivity contribution in [2.24, 2.45) is 5.92 Å². The van der Waals surface area contributed by atoms with Gasteiger partial charge < -0.3 is 9.79 Å². The maximum absolute atomic E-state index is 11.7. The molecule has 0 aromatic carbocycles. The van der Waals surface area contributed by atoms with Gasteiger partial charge in [-0.05, 0) is 51.9 Å². The van der Waals surface area contributed by atoms with Gasteiger partial charge in [0, 0.05) is 0 Å². The Balaban J connectivity index is 4.61. The molecule has 0 aliphatic rings. The van der Waals surface area contributed by atoms with Gasteiger partial charge in [0.2, 0.25) is 0 Å². The van der Waals surface area contributed by atoms with E-state index in [1.165, 1.54) is 5.57 Å². The molecular formula is C14H29O3P. The van der Waals surface area contributed by atoms with Crippen LogP contribution in [0.5, 0.6) is 0 Å². The molecule has 0 aliphatic heterocycles. The molecule has 108 valence electrons. The Labute approximate surface area is 112 Å². The Morgan fingerprint density at radius 2 is 1.78 bits per heavy atom. The summed E-state index contributed by atoms with van der Waals surface area (Å²) >= 11 is 0. The molecule has 3 nitrogen and oxygen atoms in total. The minimum atomic E-state index is -4.03. The van der Waals surface area contributed by atoms with Crippen molar-refractivity contribution in [3.05, 3.63) is 11.6 Å². The second-order valence-electron chi connectivity index (χ2n) is 5.64. The molecule has 0 aliphatic carbocycles. The first-order valence-electron chi connectivity index (χ1n) is 6.87. The third kappa shape index (κ3) is 5.26. The van der Waals surface area contributed by atoms with Gasteiger partial charge >= 0.3 is 7.60 Å². The molecule has 0 radical (unpaired) electrons. The largest absolute Gasteiger partial charge is 0.331 e. The second-order valence-corrected chi connectivity index (χ2v) is 7.68. The van der Waals surface area contributed by atoms with E-state index in [1.807, 2.05) is 13.8 Å². The average Bonchev–Trinajstić information content (AvgIpc) is 2.23. The number of hydrogen-bond donors (Lipinski definition) is 2. The summed E-state index contributed by atoms with van der Waals surface area (Å²) in [5.74, 6) is 0.341.